The van der Waals surface area contributed by atoms with Gasteiger partial charge in [0.2, 0.25) is 0 Å². The van der Waals surface area contributed by atoms with E-state index in [4.69, 9.17) is 4.74 Å². The number of rotatable bonds is 7. The van der Waals surface area contributed by atoms with Crippen LogP contribution in [0.25, 0.3) is 10.8 Å². The van der Waals surface area contributed by atoms with Crippen molar-refractivity contribution in [3.8, 4) is 5.75 Å². The molecule has 0 aliphatic carbocycles. The van der Waals surface area contributed by atoms with Gasteiger partial charge in [-0.15, -0.1) is 0 Å². The van der Waals surface area contributed by atoms with Crippen molar-refractivity contribution in [2.24, 2.45) is 0 Å². The van der Waals surface area contributed by atoms with Gasteiger partial charge in [0.1, 0.15) is 5.75 Å². The highest BCUT2D eigenvalue weighted by Gasteiger charge is 2.06. The summed E-state index contributed by atoms with van der Waals surface area (Å²) in [6.45, 7) is 0.701. The molecule has 0 aliphatic rings. The van der Waals surface area contributed by atoms with Crippen molar-refractivity contribution in [2.75, 3.05) is 13.7 Å². The minimum atomic E-state index is -0.0163. The van der Waals surface area contributed by atoms with E-state index in [1.807, 2.05) is 42.5 Å². The average molecular weight is 333 g/mol. The monoisotopic (exact) mass is 333 g/mol. The van der Waals surface area contributed by atoms with Crippen LogP contribution in [-0.4, -0.2) is 19.6 Å². The van der Waals surface area contributed by atoms with Crippen LogP contribution >= 0.6 is 0 Å². The topological polar surface area (TPSA) is 38.3 Å². The number of hydrogen-bond donors (Lipinski definition) is 1. The minimum Gasteiger partial charge on any atom is -0.497 e. The molecule has 0 spiro atoms. The highest BCUT2D eigenvalue weighted by Crippen LogP contribution is 2.21. The predicted molar refractivity (Wildman–Crippen MR) is 102 cm³/mol. The normalized spacial score (nSPS) is 10.6. The van der Waals surface area contributed by atoms with Gasteiger partial charge in [-0.25, -0.2) is 0 Å². The molecule has 3 aromatic carbocycles. The predicted octanol–water partition coefficient (Wildman–Crippen LogP) is 4.60. The van der Waals surface area contributed by atoms with Crippen molar-refractivity contribution in [1.82, 2.24) is 5.32 Å². The standard InChI is InChI=1S/C22H23NO2/c1-25-21-13-12-18-15-20(11-10-19(18)16-21)22(24)23-14-6-5-9-17-7-3-2-4-8-17/h2-4,7-8,10-13,15-16H,5-6,9,14H2,1H3,(H,23,24). The lowest BCUT2D eigenvalue weighted by Crippen LogP contribution is -2.24. The molecule has 0 heterocycles. The summed E-state index contributed by atoms with van der Waals surface area (Å²) in [4.78, 5) is 12.3. The van der Waals surface area contributed by atoms with Crippen molar-refractivity contribution in [2.45, 2.75) is 19.3 Å². The lowest BCUT2D eigenvalue weighted by molar-refractivity contribution is 0.0953. The molecule has 1 N–H and O–H groups in total. The van der Waals surface area contributed by atoms with Gasteiger partial charge >= 0.3 is 0 Å². The number of fused-ring (bicyclic) bond motifs is 1. The van der Waals surface area contributed by atoms with Crippen LogP contribution in [0.15, 0.2) is 66.7 Å². The number of methoxy groups -OCH3 is 1. The number of aryl methyl sites for hydroxylation is 1. The summed E-state index contributed by atoms with van der Waals surface area (Å²) in [6.07, 6.45) is 3.10. The maximum Gasteiger partial charge on any atom is 0.251 e. The first-order chi connectivity index (χ1) is 12.3. The number of carbonyl (C=O) groups is 1. The molecule has 0 saturated carbocycles. The van der Waals surface area contributed by atoms with Crippen LogP contribution in [-0.2, 0) is 6.42 Å². The summed E-state index contributed by atoms with van der Waals surface area (Å²) in [5.41, 5.74) is 2.04. The van der Waals surface area contributed by atoms with E-state index in [1.165, 1.54) is 5.56 Å². The molecular weight excluding hydrogens is 310 g/mol. The van der Waals surface area contributed by atoms with Crippen LogP contribution < -0.4 is 10.1 Å². The Labute approximate surface area is 148 Å². The van der Waals surface area contributed by atoms with Crippen LogP contribution in [0.5, 0.6) is 5.75 Å². The van der Waals surface area contributed by atoms with Gasteiger partial charge in [0.05, 0.1) is 7.11 Å². The van der Waals surface area contributed by atoms with Gasteiger partial charge < -0.3 is 10.1 Å². The quantitative estimate of drug-likeness (QED) is 0.642. The second-order valence-corrected chi connectivity index (χ2v) is 6.13. The molecule has 1 amide bonds. The van der Waals surface area contributed by atoms with E-state index in [9.17, 15) is 4.79 Å². The summed E-state index contributed by atoms with van der Waals surface area (Å²) in [7, 11) is 1.65. The van der Waals surface area contributed by atoms with E-state index >= 15 is 0 Å². The summed E-state index contributed by atoms with van der Waals surface area (Å²) in [5.74, 6) is 0.806. The first kappa shape index (κ1) is 17.0. The molecule has 0 saturated heterocycles. The van der Waals surface area contributed by atoms with E-state index < -0.39 is 0 Å². The van der Waals surface area contributed by atoms with Crippen molar-refractivity contribution >= 4 is 16.7 Å². The second kappa shape index (κ2) is 8.34. The van der Waals surface area contributed by atoms with Gasteiger partial charge in [-0.3, -0.25) is 4.79 Å². The van der Waals surface area contributed by atoms with Crippen molar-refractivity contribution in [3.63, 3.8) is 0 Å². The highest BCUT2D eigenvalue weighted by molar-refractivity contribution is 5.98. The molecule has 3 rings (SSSR count). The molecule has 128 valence electrons. The third-order valence-electron chi connectivity index (χ3n) is 4.33. The van der Waals surface area contributed by atoms with E-state index in [0.717, 1.165) is 35.8 Å². The van der Waals surface area contributed by atoms with Crippen LogP contribution in [0.4, 0.5) is 0 Å². The fraction of sp³-hybridized carbons (Fsp3) is 0.227. The summed E-state index contributed by atoms with van der Waals surface area (Å²) in [5, 5.41) is 5.12. The number of benzene rings is 3. The van der Waals surface area contributed by atoms with Crippen molar-refractivity contribution < 1.29 is 9.53 Å². The maximum absolute atomic E-state index is 12.3. The zero-order valence-electron chi connectivity index (χ0n) is 14.5. The molecule has 0 fully saturated rings. The second-order valence-electron chi connectivity index (χ2n) is 6.13. The van der Waals surface area contributed by atoms with Gasteiger partial charge in [-0.1, -0.05) is 42.5 Å². The van der Waals surface area contributed by atoms with Crippen molar-refractivity contribution in [3.05, 3.63) is 77.9 Å². The van der Waals surface area contributed by atoms with Gasteiger partial charge in [0.15, 0.2) is 0 Å². The molecule has 25 heavy (non-hydrogen) atoms. The third-order valence-corrected chi connectivity index (χ3v) is 4.33. The van der Waals surface area contributed by atoms with E-state index in [2.05, 4.69) is 29.6 Å². The average Bonchev–Trinajstić information content (AvgIpc) is 2.67. The fourth-order valence-corrected chi connectivity index (χ4v) is 2.89. The van der Waals surface area contributed by atoms with Crippen LogP contribution in [0.2, 0.25) is 0 Å². The number of ether oxygens (including phenoxy) is 1. The Morgan fingerprint density at radius 1 is 0.920 bits per heavy atom. The van der Waals surface area contributed by atoms with Gasteiger partial charge in [-0.05, 0) is 59.9 Å². The van der Waals surface area contributed by atoms with Crippen molar-refractivity contribution in [1.29, 1.82) is 0 Å². The SMILES string of the molecule is COc1ccc2cc(C(=O)NCCCCc3ccccc3)ccc2c1. The Balaban J connectivity index is 1.50. The summed E-state index contributed by atoms with van der Waals surface area (Å²) < 4.78 is 5.23. The molecule has 0 bridgehead atoms. The van der Waals surface area contributed by atoms with Gasteiger partial charge in [-0.2, -0.15) is 0 Å². The Morgan fingerprint density at radius 3 is 2.48 bits per heavy atom. The molecule has 3 heteroatoms. The zero-order valence-corrected chi connectivity index (χ0v) is 14.5. The number of hydrogen-bond acceptors (Lipinski definition) is 2. The summed E-state index contributed by atoms with van der Waals surface area (Å²) >= 11 is 0. The van der Waals surface area contributed by atoms with Crippen LogP contribution in [0.3, 0.4) is 0 Å². The number of nitrogens with one attached hydrogen (secondary N) is 1. The number of amides is 1. The van der Waals surface area contributed by atoms with Gasteiger partial charge in [0.25, 0.3) is 5.91 Å². The number of unbranched alkanes of at least 4 members (excludes halogenated alkanes) is 1. The highest BCUT2D eigenvalue weighted by atomic mass is 16.5. The lowest BCUT2D eigenvalue weighted by atomic mass is 10.1. The largest absolute Gasteiger partial charge is 0.497 e. The van der Waals surface area contributed by atoms with Gasteiger partial charge in [0, 0.05) is 12.1 Å². The molecule has 0 aliphatic heterocycles. The fourth-order valence-electron chi connectivity index (χ4n) is 2.89. The first-order valence-electron chi connectivity index (χ1n) is 8.66. The molecule has 3 nitrogen and oxygen atoms in total. The maximum atomic E-state index is 12.3. The lowest BCUT2D eigenvalue weighted by Gasteiger charge is -2.07. The smallest absolute Gasteiger partial charge is 0.251 e. The Hall–Kier alpha value is -2.81. The van der Waals surface area contributed by atoms with E-state index in [-0.39, 0.29) is 5.91 Å². The molecule has 0 radical (unpaired) electrons. The molecule has 0 aromatic heterocycles. The molecule has 0 unspecified atom stereocenters. The molecular formula is C22H23NO2. The molecule has 0 atom stereocenters. The van der Waals surface area contributed by atoms with E-state index in [1.54, 1.807) is 7.11 Å². The first-order valence-corrected chi connectivity index (χ1v) is 8.66. The van der Waals surface area contributed by atoms with Crippen LogP contribution in [0, 0.1) is 0 Å². The Bertz CT molecular complexity index is 843. The minimum absolute atomic E-state index is 0.0163. The molecule has 3 aromatic rings. The Morgan fingerprint density at radius 2 is 1.68 bits per heavy atom. The third kappa shape index (κ3) is 4.60. The Kier molecular flexibility index (Phi) is 5.68. The summed E-state index contributed by atoms with van der Waals surface area (Å²) in [6, 6.07) is 22.0. The van der Waals surface area contributed by atoms with Crippen LogP contribution in [0.1, 0.15) is 28.8 Å². The van der Waals surface area contributed by atoms with E-state index in [0.29, 0.717) is 12.1 Å². The zero-order chi connectivity index (χ0) is 17.5. The number of carbonyl (C=O) groups excluding carboxylic acids is 1.